The maximum atomic E-state index is 12.3. The van der Waals surface area contributed by atoms with Crippen molar-refractivity contribution in [3.05, 3.63) is 0 Å². The summed E-state index contributed by atoms with van der Waals surface area (Å²) in [4.78, 5) is 14.6. The first-order chi connectivity index (χ1) is 7.61. The summed E-state index contributed by atoms with van der Waals surface area (Å²) in [7, 11) is 0. The minimum atomic E-state index is -0.243. The van der Waals surface area contributed by atoms with E-state index in [4.69, 9.17) is 18.0 Å². The van der Waals surface area contributed by atoms with Crippen LogP contribution in [0, 0.1) is 5.92 Å². The number of carbonyl (C=O) groups is 1. The average Bonchev–Trinajstić information content (AvgIpc) is 3.05. The summed E-state index contributed by atoms with van der Waals surface area (Å²) >= 11 is 5.00. The molecule has 2 N–H and O–H groups in total. The molecule has 0 aliphatic heterocycles. The standard InChI is InChI=1S/C12H22N2OS/c1-3-5-10(11(13)16)12(15)14(8-4-2)9-6-7-9/h9-10H,3-8H2,1-2H3,(H2,13,16). The Morgan fingerprint density at radius 3 is 2.44 bits per heavy atom. The van der Waals surface area contributed by atoms with Gasteiger partial charge in [-0.15, -0.1) is 0 Å². The van der Waals surface area contributed by atoms with Gasteiger partial charge < -0.3 is 10.6 Å². The van der Waals surface area contributed by atoms with Crippen molar-refractivity contribution in [3.8, 4) is 0 Å². The van der Waals surface area contributed by atoms with Gasteiger partial charge in [-0.25, -0.2) is 0 Å². The van der Waals surface area contributed by atoms with Gasteiger partial charge in [0.2, 0.25) is 5.91 Å². The summed E-state index contributed by atoms with van der Waals surface area (Å²) in [6, 6.07) is 0.459. The molecule has 1 amide bonds. The van der Waals surface area contributed by atoms with Gasteiger partial charge in [-0.05, 0) is 25.7 Å². The minimum absolute atomic E-state index is 0.152. The van der Waals surface area contributed by atoms with Crippen molar-refractivity contribution in [2.24, 2.45) is 11.7 Å². The summed E-state index contributed by atoms with van der Waals surface area (Å²) in [5.41, 5.74) is 5.66. The molecule has 0 bridgehead atoms. The van der Waals surface area contributed by atoms with Gasteiger partial charge in [0.05, 0.1) is 10.9 Å². The van der Waals surface area contributed by atoms with Crippen LogP contribution in [0.5, 0.6) is 0 Å². The fourth-order valence-corrected chi connectivity index (χ4v) is 2.19. The summed E-state index contributed by atoms with van der Waals surface area (Å²) in [5.74, 6) is -0.0918. The molecule has 1 saturated carbocycles. The van der Waals surface area contributed by atoms with Gasteiger partial charge >= 0.3 is 0 Å². The Labute approximate surface area is 103 Å². The van der Waals surface area contributed by atoms with Crippen molar-refractivity contribution in [1.82, 2.24) is 4.90 Å². The van der Waals surface area contributed by atoms with Crippen LogP contribution >= 0.6 is 12.2 Å². The second kappa shape index (κ2) is 6.18. The zero-order chi connectivity index (χ0) is 12.1. The van der Waals surface area contributed by atoms with Crippen LogP contribution in [0.2, 0.25) is 0 Å². The second-order valence-corrected chi connectivity index (χ2v) is 4.98. The zero-order valence-electron chi connectivity index (χ0n) is 10.2. The highest BCUT2D eigenvalue weighted by Crippen LogP contribution is 2.29. The number of nitrogens with zero attached hydrogens (tertiary/aromatic N) is 1. The lowest BCUT2D eigenvalue weighted by molar-refractivity contribution is -0.134. The van der Waals surface area contributed by atoms with E-state index in [2.05, 4.69) is 13.8 Å². The molecule has 0 aromatic carbocycles. The van der Waals surface area contributed by atoms with E-state index in [1.807, 2.05) is 4.90 Å². The van der Waals surface area contributed by atoms with E-state index in [1.54, 1.807) is 0 Å². The Kier molecular flexibility index (Phi) is 5.19. The summed E-state index contributed by atoms with van der Waals surface area (Å²) in [5, 5.41) is 0. The largest absolute Gasteiger partial charge is 0.393 e. The van der Waals surface area contributed by atoms with E-state index in [9.17, 15) is 4.79 Å². The number of rotatable bonds is 7. The molecule has 0 aromatic heterocycles. The monoisotopic (exact) mass is 242 g/mol. The van der Waals surface area contributed by atoms with Crippen LogP contribution in [0.1, 0.15) is 46.0 Å². The van der Waals surface area contributed by atoms with E-state index < -0.39 is 0 Å². The van der Waals surface area contributed by atoms with Crippen molar-refractivity contribution in [2.45, 2.75) is 52.0 Å². The molecule has 16 heavy (non-hydrogen) atoms. The van der Waals surface area contributed by atoms with E-state index in [1.165, 1.54) is 0 Å². The van der Waals surface area contributed by atoms with Gasteiger partial charge in [-0.1, -0.05) is 32.5 Å². The highest BCUT2D eigenvalue weighted by molar-refractivity contribution is 7.80. The van der Waals surface area contributed by atoms with Gasteiger partial charge in [0.15, 0.2) is 0 Å². The topological polar surface area (TPSA) is 46.3 Å². The Bertz CT molecular complexity index is 264. The lowest BCUT2D eigenvalue weighted by atomic mass is 10.0. The molecule has 4 heteroatoms. The lowest BCUT2D eigenvalue weighted by Crippen LogP contribution is -2.42. The van der Waals surface area contributed by atoms with Crippen LogP contribution in [-0.2, 0) is 4.79 Å². The second-order valence-electron chi connectivity index (χ2n) is 4.51. The van der Waals surface area contributed by atoms with Gasteiger partial charge in [0, 0.05) is 12.6 Å². The van der Waals surface area contributed by atoms with E-state index in [-0.39, 0.29) is 11.8 Å². The Morgan fingerprint density at radius 2 is 2.06 bits per heavy atom. The predicted molar refractivity (Wildman–Crippen MR) is 70.2 cm³/mol. The van der Waals surface area contributed by atoms with Gasteiger partial charge in [0.1, 0.15) is 0 Å². The third-order valence-corrected chi connectivity index (χ3v) is 3.24. The normalized spacial score (nSPS) is 16.9. The van der Waals surface area contributed by atoms with Crippen molar-refractivity contribution >= 4 is 23.1 Å². The Balaban J connectivity index is 2.65. The Morgan fingerprint density at radius 1 is 1.44 bits per heavy atom. The van der Waals surface area contributed by atoms with Crippen LogP contribution in [0.25, 0.3) is 0 Å². The zero-order valence-corrected chi connectivity index (χ0v) is 11.1. The molecular formula is C12H22N2OS. The fourth-order valence-electron chi connectivity index (χ4n) is 1.98. The molecule has 3 nitrogen and oxygen atoms in total. The quantitative estimate of drug-likeness (QED) is 0.695. The molecule has 1 rings (SSSR count). The maximum Gasteiger partial charge on any atom is 0.232 e. The first-order valence-corrected chi connectivity index (χ1v) is 6.62. The fraction of sp³-hybridized carbons (Fsp3) is 0.833. The number of hydrogen-bond acceptors (Lipinski definition) is 2. The smallest absolute Gasteiger partial charge is 0.232 e. The van der Waals surface area contributed by atoms with Gasteiger partial charge in [-0.3, -0.25) is 4.79 Å². The van der Waals surface area contributed by atoms with Crippen molar-refractivity contribution in [3.63, 3.8) is 0 Å². The third kappa shape index (κ3) is 3.44. The molecular weight excluding hydrogens is 220 g/mol. The number of nitrogens with two attached hydrogens (primary N) is 1. The molecule has 92 valence electrons. The van der Waals surface area contributed by atoms with Crippen LogP contribution in [0.4, 0.5) is 0 Å². The van der Waals surface area contributed by atoms with Crippen molar-refractivity contribution in [1.29, 1.82) is 0 Å². The Hall–Kier alpha value is -0.640. The maximum absolute atomic E-state index is 12.3. The lowest BCUT2D eigenvalue weighted by Gasteiger charge is -2.26. The SMILES string of the molecule is CCCC(C(=O)N(CCC)C1CC1)C(N)=S. The third-order valence-electron chi connectivity index (χ3n) is 2.95. The van der Waals surface area contributed by atoms with E-state index in [0.717, 1.165) is 38.6 Å². The van der Waals surface area contributed by atoms with Crippen LogP contribution in [0.3, 0.4) is 0 Å². The summed E-state index contributed by atoms with van der Waals surface area (Å²) in [6.07, 6.45) is 5.00. The van der Waals surface area contributed by atoms with Crippen LogP contribution < -0.4 is 5.73 Å². The van der Waals surface area contributed by atoms with Crippen LogP contribution in [-0.4, -0.2) is 28.4 Å². The van der Waals surface area contributed by atoms with Crippen molar-refractivity contribution < 1.29 is 4.79 Å². The molecule has 1 unspecified atom stereocenters. The molecule has 1 fully saturated rings. The molecule has 0 aromatic rings. The molecule has 0 radical (unpaired) electrons. The molecule has 1 atom stereocenters. The number of hydrogen-bond donors (Lipinski definition) is 1. The summed E-state index contributed by atoms with van der Waals surface area (Å²) < 4.78 is 0. The molecule has 0 saturated heterocycles. The highest BCUT2D eigenvalue weighted by Gasteiger charge is 2.35. The van der Waals surface area contributed by atoms with Crippen LogP contribution in [0.15, 0.2) is 0 Å². The number of thiocarbonyl (C=S) groups is 1. The molecule has 0 heterocycles. The summed E-state index contributed by atoms with van der Waals surface area (Å²) in [6.45, 7) is 4.99. The molecule has 0 spiro atoms. The molecule has 1 aliphatic carbocycles. The van der Waals surface area contributed by atoms with Crippen molar-refractivity contribution in [2.75, 3.05) is 6.54 Å². The number of amides is 1. The van der Waals surface area contributed by atoms with E-state index in [0.29, 0.717) is 11.0 Å². The highest BCUT2D eigenvalue weighted by atomic mass is 32.1. The average molecular weight is 242 g/mol. The predicted octanol–water partition coefficient (Wildman–Crippen LogP) is 2.09. The van der Waals surface area contributed by atoms with Gasteiger partial charge in [0.25, 0.3) is 0 Å². The van der Waals surface area contributed by atoms with Gasteiger partial charge in [-0.2, -0.15) is 0 Å². The first-order valence-electron chi connectivity index (χ1n) is 6.21. The van der Waals surface area contributed by atoms with E-state index >= 15 is 0 Å². The number of carbonyl (C=O) groups excluding carboxylic acids is 1. The molecule has 1 aliphatic rings. The minimum Gasteiger partial charge on any atom is -0.393 e. The first kappa shape index (κ1) is 13.4.